The van der Waals surface area contributed by atoms with Crippen molar-refractivity contribution >= 4 is 29.2 Å². The number of anilines is 2. The van der Waals surface area contributed by atoms with Crippen molar-refractivity contribution in [1.29, 1.82) is 0 Å². The third kappa shape index (κ3) is 7.42. The quantitative estimate of drug-likeness (QED) is 0.568. The lowest BCUT2D eigenvalue weighted by Crippen LogP contribution is -2.43. The molecule has 1 saturated heterocycles. The number of hydrogen-bond donors (Lipinski definition) is 2. The Balaban J connectivity index is 1.62. The van der Waals surface area contributed by atoms with Crippen molar-refractivity contribution in [3.05, 3.63) is 41.7 Å². The molecule has 2 heterocycles. The number of carbonyl (C=O) groups is 3. The number of nitrogens with zero attached hydrogens (tertiary/aromatic N) is 2. The van der Waals surface area contributed by atoms with E-state index in [-0.39, 0.29) is 43.2 Å². The van der Waals surface area contributed by atoms with Gasteiger partial charge in [-0.25, -0.2) is 0 Å². The molecular weight excluding hydrogens is 424 g/mol. The van der Waals surface area contributed by atoms with Crippen molar-refractivity contribution in [1.82, 2.24) is 10.5 Å². The number of nitrogens with one attached hydrogen (secondary N) is 2. The second-order valence-electron chi connectivity index (χ2n) is 8.54. The summed E-state index contributed by atoms with van der Waals surface area (Å²) in [6, 6.07) is 9.16. The average molecular weight is 457 g/mol. The smallest absolute Gasteiger partial charge is 0.240 e. The first-order chi connectivity index (χ1) is 15.8. The van der Waals surface area contributed by atoms with Crippen LogP contribution < -0.4 is 15.5 Å². The number of aryl methyl sites for hydroxylation is 1. The maximum Gasteiger partial charge on any atom is 0.240 e. The van der Waals surface area contributed by atoms with Gasteiger partial charge in [0.2, 0.25) is 17.7 Å². The highest BCUT2D eigenvalue weighted by Gasteiger charge is 2.22. The lowest BCUT2D eigenvalue weighted by Gasteiger charge is -2.23. The van der Waals surface area contributed by atoms with Crippen LogP contribution in [0.25, 0.3) is 0 Å². The SMILES string of the molecule is Cc1cc(NC(=O)CCC(=O)N(CC(=O)NC[C@@H]2CCCO2)c2ccc(C(C)C)cc2)no1. The summed E-state index contributed by atoms with van der Waals surface area (Å²) in [5.41, 5.74) is 1.75. The van der Waals surface area contributed by atoms with E-state index in [4.69, 9.17) is 9.26 Å². The van der Waals surface area contributed by atoms with Gasteiger partial charge in [-0.05, 0) is 43.4 Å². The molecule has 0 saturated carbocycles. The highest BCUT2D eigenvalue weighted by atomic mass is 16.5. The fourth-order valence-electron chi connectivity index (χ4n) is 3.58. The highest BCUT2D eigenvalue weighted by Crippen LogP contribution is 2.21. The van der Waals surface area contributed by atoms with E-state index >= 15 is 0 Å². The zero-order valence-electron chi connectivity index (χ0n) is 19.4. The van der Waals surface area contributed by atoms with Crippen LogP contribution in [0.2, 0.25) is 0 Å². The van der Waals surface area contributed by atoms with Crippen molar-refractivity contribution in [2.75, 3.05) is 29.9 Å². The predicted molar refractivity (Wildman–Crippen MR) is 124 cm³/mol. The van der Waals surface area contributed by atoms with E-state index in [2.05, 4.69) is 29.6 Å². The van der Waals surface area contributed by atoms with Gasteiger partial charge >= 0.3 is 0 Å². The zero-order valence-corrected chi connectivity index (χ0v) is 19.4. The van der Waals surface area contributed by atoms with Gasteiger partial charge in [0.1, 0.15) is 12.3 Å². The number of benzene rings is 1. The van der Waals surface area contributed by atoms with Crippen LogP contribution in [-0.4, -0.2) is 48.7 Å². The Labute approximate surface area is 193 Å². The van der Waals surface area contributed by atoms with Crippen LogP contribution in [0, 0.1) is 6.92 Å². The maximum atomic E-state index is 13.0. The van der Waals surface area contributed by atoms with Gasteiger partial charge in [0, 0.05) is 37.7 Å². The van der Waals surface area contributed by atoms with Gasteiger partial charge in [-0.2, -0.15) is 0 Å². The minimum atomic E-state index is -0.352. The van der Waals surface area contributed by atoms with Crippen molar-refractivity contribution in [2.24, 2.45) is 0 Å². The molecule has 0 unspecified atom stereocenters. The molecule has 33 heavy (non-hydrogen) atoms. The van der Waals surface area contributed by atoms with E-state index in [0.29, 0.717) is 36.3 Å². The van der Waals surface area contributed by atoms with Crippen molar-refractivity contribution < 1.29 is 23.6 Å². The van der Waals surface area contributed by atoms with Crippen LogP contribution in [0.5, 0.6) is 0 Å². The van der Waals surface area contributed by atoms with Gasteiger partial charge < -0.3 is 24.8 Å². The van der Waals surface area contributed by atoms with E-state index < -0.39 is 0 Å². The molecular formula is C24H32N4O5. The van der Waals surface area contributed by atoms with Crippen molar-refractivity contribution in [3.8, 4) is 0 Å². The molecule has 1 aromatic heterocycles. The fraction of sp³-hybridized carbons (Fsp3) is 0.500. The van der Waals surface area contributed by atoms with Crippen LogP contribution in [-0.2, 0) is 19.1 Å². The molecule has 9 heteroatoms. The summed E-state index contributed by atoms with van der Waals surface area (Å²) in [4.78, 5) is 39.3. The topological polar surface area (TPSA) is 114 Å². The standard InChI is InChI=1S/C24H32N4O5/c1-16(2)18-6-8-19(9-7-18)28(15-23(30)25-14-20-5-4-12-32-20)24(31)11-10-22(29)26-21-13-17(3)33-27-21/h6-9,13,16,20H,4-5,10-12,14-15H2,1-3H3,(H,25,30)(H,26,27,29)/t20-/m0/s1. The summed E-state index contributed by atoms with van der Waals surface area (Å²) in [5.74, 6) is 0.294. The monoisotopic (exact) mass is 456 g/mol. The molecule has 2 N–H and O–H groups in total. The Hall–Kier alpha value is -3.20. The van der Waals surface area contributed by atoms with Gasteiger partial charge in [0.15, 0.2) is 5.82 Å². The molecule has 1 fully saturated rings. The molecule has 3 amide bonds. The predicted octanol–water partition coefficient (Wildman–Crippen LogP) is 3.15. The fourth-order valence-corrected chi connectivity index (χ4v) is 3.58. The lowest BCUT2D eigenvalue weighted by atomic mass is 10.0. The van der Waals surface area contributed by atoms with E-state index in [0.717, 1.165) is 18.4 Å². The number of rotatable bonds is 10. The van der Waals surface area contributed by atoms with E-state index in [1.807, 2.05) is 24.3 Å². The molecule has 178 valence electrons. The Morgan fingerprint density at radius 1 is 1.15 bits per heavy atom. The average Bonchev–Trinajstić information content (AvgIpc) is 3.46. The first-order valence-electron chi connectivity index (χ1n) is 11.3. The molecule has 9 nitrogen and oxygen atoms in total. The number of amides is 3. The van der Waals surface area contributed by atoms with Crippen molar-refractivity contribution in [3.63, 3.8) is 0 Å². The van der Waals surface area contributed by atoms with E-state index in [9.17, 15) is 14.4 Å². The summed E-state index contributed by atoms with van der Waals surface area (Å²) >= 11 is 0. The first-order valence-corrected chi connectivity index (χ1v) is 11.3. The molecule has 2 aromatic rings. The third-order valence-corrected chi connectivity index (χ3v) is 5.49. The van der Waals surface area contributed by atoms with Crippen LogP contribution in [0.3, 0.4) is 0 Å². The zero-order chi connectivity index (χ0) is 23.8. The summed E-state index contributed by atoms with van der Waals surface area (Å²) < 4.78 is 10.5. The van der Waals surface area contributed by atoms with Gasteiger partial charge in [-0.3, -0.25) is 14.4 Å². The van der Waals surface area contributed by atoms with Crippen LogP contribution in [0.15, 0.2) is 34.9 Å². The number of ether oxygens (including phenoxy) is 1. The van der Waals surface area contributed by atoms with Gasteiger partial charge in [-0.1, -0.05) is 31.1 Å². The molecule has 0 aliphatic carbocycles. The number of carbonyl (C=O) groups excluding carboxylic acids is 3. The Bertz CT molecular complexity index is 948. The number of aromatic nitrogens is 1. The molecule has 1 aromatic carbocycles. The van der Waals surface area contributed by atoms with Gasteiger partial charge in [0.25, 0.3) is 0 Å². The molecule has 1 atom stereocenters. The van der Waals surface area contributed by atoms with Crippen LogP contribution >= 0.6 is 0 Å². The maximum absolute atomic E-state index is 13.0. The second kappa shape index (κ2) is 11.6. The molecule has 1 aliphatic heterocycles. The summed E-state index contributed by atoms with van der Waals surface area (Å²) in [7, 11) is 0. The summed E-state index contributed by atoms with van der Waals surface area (Å²) in [6.07, 6.45) is 1.84. The lowest BCUT2D eigenvalue weighted by molar-refractivity contribution is -0.125. The molecule has 3 rings (SSSR count). The Kier molecular flexibility index (Phi) is 8.59. The van der Waals surface area contributed by atoms with E-state index in [1.54, 1.807) is 13.0 Å². The van der Waals surface area contributed by atoms with Crippen molar-refractivity contribution in [2.45, 2.75) is 58.5 Å². The van der Waals surface area contributed by atoms with Crippen LogP contribution in [0.4, 0.5) is 11.5 Å². The summed E-state index contributed by atoms with van der Waals surface area (Å²) in [5, 5.41) is 9.17. The first kappa shape index (κ1) is 24.4. The minimum absolute atomic E-state index is 0.0206. The second-order valence-corrected chi connectivity index (χ2v) is 8.54. The largest absolute Gasteiger partial charge is 0.376 e. The highest BCUT2D eigenvalue weighted by molar-refractivity contribution is 6.01. The number of hydrogen-bond acceptors (Lipinski definition) is 6. The van der Waals surface area contributed by atoms with Gasteiger partial charge in [-0.15, -0.1) is 0 Å². The third-order valence-electron chi connectivity index (χ3n) is 5.49. The summed E-state index contributed by atoms with van der Waals surface area (Å²) in [6.45, 7) is 6.90. The van der Waals surface area contributed by atoms with E-state index in [1.165, 1.54) is 4.90 Å². The van der Waals surface area contributed by atoms with Crippen LogP contribution in [0.1, 0.15) is 56.8 Å². The Morgan fingerprint density at radius 3 is 2.52 bits per heavy atom. The Morgan fingerprint density at radius 2 is 1.91 bits per heavy atom. The van der Waals surface area contributed by atoms with Gasteiger partial charge in [0.05, 0.1) is 6.10 Å². The normalized spacial score (nSPS) is 15.5. The molecule has 0 radical (unpaired) electrons. The molecule has 0 spiro atoms. The molecule has 1 aliphatic rings. The minimum Gasteiger partial charge on any atom is -0.376 e. The molecule has 0 bridgehead atoms.